The fourth-order valence-corrected chi connectivity index (χ4v) is 5.19. The van der Waals surface area contributed by atoms with Crippen molar-refractivity contribution in [2.45, 2.75) is 12.5 Å². The molecule has 0 aliphatic carbocycles. The molecule has 27 heavy (non-hydrogen) atoms. The van der Waals surface area contributed by atoms with Gasteiger partial charge in [0.05, 0.1) is 28.7 Å². The summed E-state index contributed by atoms with van der Waals surface area (Å²) in [4.78, 5) is 38.9. The third-order valence-electron chi connectivity index (χ3n) is 4.72. The lowest BCUT2D eigenvalue weighted by molar-refractivity contribution is 0.00100. The molecule has 2 aliphatic rings. The number of imide groups is 1. The van der Waals surface area contributed by atoms with Gasteiger partial charge in [-0.2, -0.15) is 0 Å². The van der Waals surface area contributed by atoms with Crippen molar-refractivity contribution in [3.05, 3.63) is 47.5 Å². The summed E-state index contributed by atoms with van der Waals surface area (Å²) in [6, 6.07) is 3.90. The number of rotatable bonds is 5. The van der Waals surface area contributed by atoms with Crippen LogP contribution in [0.5, 0.6) is 0 Å². The topological polar surface area (TPSA) is 95.1 Å². The van der Waals surface area contributed by atoms with Gasteiger partial charge in [0.2, 0.25) is 0 Å². The van der Waals surface area contributed by atoms with Gasteiger partial charge in [-0.1, -0.05) is 6.08 Å². The minimum absolute atomic E-state index is 0.0446. The molecular formula is C18H21N3O5S. The first-order chi connectivity index (χ1) is 12.7. The molecule has 0 bridgehead atoms. The summed E-state index contributed by atoms with van der Waals surface area (Å²) in [5.74, 6) is -1.34. The maximum atomic E-state index is 13.0. The van der Waals surface area contributed by atoms with Gasteiger partial charge in [-0.25, -0.2) is 13.4 Å². The molecular weight excluding hydrogens is 370 g/mol. The molecule has 0 saturated carbocycles. The zero-order valence-electron chi connectivity index (χ0n) is 15.2. The van der Waals surface area contributed by atoms with Gasteiger partial charge in [-0.05, 0) is 24.6 Å². The van der Waals surface area contributed by atoms with Crippen molar-refractivity contribution >= 4 is 27.6 Å². The van der Waals surface area contributed by atoms with E-state index >= 15 is 0 Å². The van der Waals surface area contributed by atoms with E-state index in [4.69, 9.17) is 0 Å². The Morgan fingerprint density at radius 1 is 1.26 bits per heavy atom. The lowest BCUT2D eigenvalue weighted by atomic mass is 10.0. The van der Waals surface area contributed by atoms with E-state index in [0.717, 1.165) is 4.90 Å². The number of hydrogen-bond donors (Lipinski definition) is 0. The summed E-state index contributed by atoms with van der Waals surface area (Å²) in [7, 11) is 0.162. The van der Waals surface area contributed by atoms with Gasteiger partial charge in [0, 0.05) is 26.2 Å². The lowest BCUT2D eigenvalue weighted by Crippen LogP contribution is -2.49. The Balaban J connectivity index is 1.93. The van der Waals surface area contributed by atoms with Crippen LogP contribution in [0.2, 0.25) is 0 Å². The monoisotopic (exact) mass is 391 g/mol. The molecule has 2 aliphatic heterocycles. The van der Waals surface area contributed by atoms with Crippen LogP contribution in [-0.2, 0) is 9.84 Å². The second-order valence-electron chi connectivity index (χ2n) is 6.82. The Hall–Kier alpha value is -2.52. The SMILES string of the molecule is C=CCN1C(=O)c2ccc(C(=O)N([C@H]3CCS(=O)(=O)C3)N(C)C)cc2C1=O. The van der Waals surface area contributed by atoms with Crippen LogP contribution in [0.15, 0.2) is 30.9 Å². The summed E-state index contributed by atoms with van der Waals surface area (Å²) < 4.78 is 23.6. The number of carbonyl (C=O) groups is 3. The maximum Gasteiger partial charge on any atom is 0.268 e. The van der Waals surface area contributed by atoms with Crippen LogP contribution in [0.4, 0.5) is 0 Å². The summed E-state index contributed by atoms with van der Waals surface area (Å²) in [5, 5.41) is 2.95. The molecule has 3 rings (SSSR count). The van der Waals surface area contributed by atoms with Crippen molar-refractivity contribution in [3.8, 4) is 0 Å². The molecule has 1 fully saturated rings. The quantitative estimate of drug-likeness (QED) is 0.414. The number of amides is 3. The van der Waals surface area contributed by atoms with Crippen LogP contribution in [0.3, 0.4) is 0 Å². The highest BCUT2D eigenvalue weighted by molar-refractivity contribution is 7.91. The largest absolute Gasteiger partial charge is 0.270 e. The molecule has 1 saturated heterocycles. The van der Waals surface area contributed by atoms with E-state index in [1.807, 2.05) is 0 Å². The Labute approximate surface area is 157 Å². The highest BCUT2D eigenvalue weighted by Crippen LogP contribution is 2.26. The standard InChI is InChI=1S/C18H21N3O5S/c1-4-8-20-17(23)14-6-5-12(10-15(14)18(20)24)16(22)21(19(2)3)13-7-9-27(25,26)11-13/h4-6,10,13H,1,7-9,11H2,2-3H3/t13-/m0/s1. The number of carbonyl (C=O) groups excluding carboxylic acids is 3. The number of fused-ring (bicyclic) bond motifs is 1. The maximum absolute atomic E-state index is 13.0. The fraction of sp³-hybridized carbons (Fsp3) is 0.389. The lowest BCUT2D eigenvalue weighted by Gasteiger charge is -2.33. The van der Waals surface area contributed by atoms with Crippen LogP contribution in [-0.4, -0.2) is 79.2 Å². The zero-order chi connectivity index (χ0) is 19.9. The third kappa shape index (κ3) is 3.40. The normalized spacial score (nSPS) is 20.9. The molecule has 1 aromatic rings. The van der Waals surface area contributed by atoms with E-state index in [1.165, 1.54) is 29.3 Å². The molecule has 0 unspecified atom stereocenters. The van der Waals surface area contributed by atoms with Gasteiger partial charge in [-0.15, -0.1) is 6.58 Å². The molecule has 0 spiro atoms. The highest BCUT2D eigenvalue weighted by atomic mass is 32.2. The molecule has 9 heteroatoms. The molecule has 1 aromatic carbocycles. The van der Waals surface area contributed by atoms with E-state index < -0.39 is 33.6 Å². The van der Waals surface area contributed by atoms with E-state index in [-0.39, 0.29) is 34.7 Å². The number of nitrogens with zero attached hydrogens (tertiary/aromatic N) is 3. The van der Waals surface area contributed by atoms with E-state index in [1.54, 1.807) is 19.1 Å². The van der Waals surface area contributed by atoms with Crippen LogP contribution in [0.1, 0.15) is 37.5 Å². The molecule has 0 radical (unpaired) electrons. The van der Waals surface area contributed by atoms with Crippen LogP contribution < -0.4 is 0 Å². The number of hydrogen-bond acceptors (Lipinski definition) is 6. The third-order valence-corrected chi connectivity index (χ3v) is 6.47. The second-order valence-corrected chi connectivity index (χ2v) is 9.05. The van der Waals surface area contributed by atoms with Gasteiger partial charge >= 0.3 is 0 Å². The zero-order valence-corrected chi connectivity index (χ0v) is 16.0. The first-order valence-electron chi connectivity index (χ1n) is 8.48. The van der Waals surface area contributed by atoms with Crippen molar-refractivity contribution in [3.63, 3.8) is 0 Å². The Morgan fingerprint density at radius 2 is 1.93 bits per heavy atom. The molecule has 3 amide bonds. The van der Waals surface area contributed by atoms with Crippen LogP contribution >= 0.6 is 0 Å². The first kappa shape index (κ1) is 19.2. The molecule has 2 heterocycles. The highest BCUT2D eigenvalue weighted by Gasteiger charge is 2.38. The van der Waals surface area contributed by atoms with Crippen molar-refractivity contribution in [1.82, 2.24) is 14.9 Å². The van der Waals surface area contributed by atoms with Gasteiger partial charge < -0.3 is 0 Å². The van der Waals surface area contributed by atoms with Crippen molar-refractivity contribution in [1.29, 1.82) is 0 Å². The molecule has 0 N–H and O–H groups in total. The molecule has 0 aromatic heterocycles. The summed E-state index contributed by atoms with van der Waals surface area (Å²) in [6.07, 6.45) is 1.82. The fourth-order valence-electron chi connectivity index (χ4n) is 3.49. The minimum atomic E-state index is -3.16. The van der Waals surface area contributed by atoms with Crippen LogP contribution in [0.25, 0.3) is 0 Å². The Bertz CT molecular complexity index is 938. The van der Waals surface area contributed by atoms with Gasteiger partial charge in [0.1, 0.15) is 0 Å². The molecule has 144 valence electrons. The Morgan fingerprint density at radius 3 is 2.48 bits per heavy atom. The van der Waals surface area contributed by atoms with E-state index in [0.29, 0.717) is 6.42 Å². The summed E-state index contributed by atoms with van der Waals surface area (Å²) in [5.41, 5.74) is 0.650. The summed E-state index contributed by atoms with van der Waals surface area (Å²) >= 11 is 0. The Kier molecular flexibility index (Phi) is 4.92. The van der Waals surface area contributed by atoms with E-state index in [9.17, 15) is 22.8 Å². The van der Waals surface area contributed by atoms with Crippen molar-refractivity contribution in [2.75, 3.05) is 32.1 Å². The second kappa shape index (κ2) is 6.90. The van der Waals surface area contributed by atoms with Crippen LogP contribution in [0, 0.1) is 0 Å². The molecule has 1 atom stereocenters. The number of benzene rings is 1. The minimum Gasteiger partial charge on any atom is -0.270 e. The van der Waals surface area contributed by atoms with Gasteiger partial charge in [0.25, 0.3) is 17.7 Å². The predicted molar refractivity (Wildman–Crippen MR) is 98.9 cm³/mol. The smallest absolute Gasteiger partial charge is 0.268 e. The number of hydrazine groups is 1. The number of sulfone groups is 1. The van der Waals surface area contributed by atoms with Crippen molar-refractivity contribution < 1.29 is 22.8 Å². The summed E-state index contributed by atoms with van der Waals surface area (Å²) in [6.45, 7) is 3.64. The van der Waals surface area contributed by atoms with E-state index in [2.05, 4.69) is 6.58 Å². The molecule has 8 nitrogen and oxygen atoms in total. The first-order valence-corrected chi connectivity index (χ1v) is 10.3. The van der Waals surface area contributed by atoms with Gasteiger partial charge in [-0.3, -0.25) is 24.3 Å². The van der Waals surface area contributed by atoms with Crippen molar-refractivity contribution in [2.24, 2.45) is 0 Å². The predicted octanol–water partition coefficient (Wildman–Crippen LogP) is 0.575. The average Bonchev–Trinajstić information content (AvgIpc) is 3.07. The average molecular weight is 391 g/mol. The van der Waals surface area contributed by atoms with Gasteiger partial charge in [0.15, 0.2) is 9.84 Å².